The number of hydrogen-bond donors (Lipinski definition) is 2. The molecule has 1 N–H and O–H groups in total. The van der Waals surface area contributed by atoms with Gasteiger partial charge in [-0.05, 0) is 63.1 Å². The molecule has 0 radical (unpaired) electrons. The number of thiol groups is 1. The quantitative estimate of drug-likeness (QED) is 0.220. The van der Waals surface area contributed by atoms with Gasteiger partial charge < -0.3 is 4.74 Å². The molecular weight excluding hydrogens is 476 g/mol. The molecule has 182 valence electrons. The average molecular weight is 507 g/mol. The fourth-order valence-electron chi connectivity index (χ4n) is 3.42. The molecule has 0 aromatic heterocycles. The smallest absolute Gasteiger partial charge is 0.294 e. The van der Waals surface area contributed by atoms with Crippen LogP contribution in [0.25, 0.3) is 22.3 Å². The zero-order valence-electron chi connectivity index (χ0n) is 20.3. The van der Waals surface area contributed by atoms with Crippen LogP contribution in [0.4, 0.5) is 0 Å². The monoisotopic (exact) mass is 506 g/mol. The van der Waals surface area contributed by atoms with E-state index in [0.717, 1.165) is 38.5 Å². The van der Waals surface area contributed by atoms with E-state index in [1.54, 1.807) is 12.1 Å². The molecule has 0 heterocycles. The van der Waals surface area contributed by atoms with E-state index in [-0.39, 0.29) is 10.5 Å². The third-order valence-corrected chi connectivity index (χ3v) is 6.25. The number of ether oxygens (including phenoxy) is 1. The number of aryl methyl sites for hydroxylation is 1. The molecule has 0 aliphatic carbocycles. The molecule has 4 aromatic rings. The van der Waals surface area contributed by atoms with E-state index in [9.17, 15) is 8.42 Å². The van der Waals surface area contributed by atoms with Crippen molar-refractivity contribution in [2.75, 3.05) is 0 Å². The molecule has 6 heteroatoms. The molecule has 35 heavy (non-hydrogen) atoms. The van der Waals surface area contributed by atoms with Crippen molar-refractivity contribution in [3.05, 3.63) is 103 Å². The van der Waals surface area contributed by atoms with Crippen molar-refractivity contribution in [2.24, 2.45) is 0 Å². The van der Waals surface area contributed by atoms with Crippen LogP contribution < -0.4 is 4.74 Å². The van der Waals surface area contributed by atoms with Crippen LogP contribution in [0.15, 0.2) is 107 Å². The third-order valence-electron chi connectivity index (χ3n) is 5.01. The molecular formula is C29H30O4S2. The van der Waals surface area contributed by atoms with Crippen LogP contribution >= 0.6 is 12.6 Å². The van der Waals surface area contributed by atoms with Gasteiger partial charge in [0.1, 0.15) is 11.4 Å². The summed E-state index contributed by atoms with van der Waals surface area (Å²) >= 11 is 4.71. The van der Waals surface area contributed by atoms with Crippen LogP contribution in [-0.4, -0.2) is 18.6 Å². The maximum Gasteiger partial charge on any atom is 0.294 e. The summed E-state index contributed by atoms with van der Waals surface area (Å²) in [6, 6.07) is 30.8. The van der Waals surface area contributed by atoms with Gasteiger partial charge in [-0.2, -0.15) is 8.42 Å². The van der Waals surface area contributed by atoms with Gasteiger partial charge in [-0.15, -0.1) is 12.6 Å². The van der Waals surface area contributed by atoms with Gasteiger partial charge in [-0.3, -0.25) is 4.55 Å². The van der Waals surface area contributed by atoms with Gasteiger partial charge >= 0.3 is 0 Å². The Bertz CT molecular complexity index is 1360. The lowest BCUT2D eigenvalue weighted by atomic mass is 9.96. The van der Waals surface area contributed by atoms with Crippen molar-refractivity contribution < 1.29 is 17.7 Å². The van der Waals surface area contributed by atoms with Gasteiger partial charge in [-0.1, -0.05) is 78.4 Å². The first-order valence-corrected chi connectivity index (χ1v) is 13.0. The zero-order chi connectivity index (χ0) is 25.6. The highest BCUT2D eigenvalue weighted by Crippen LogP contribution is 2.44. The molecule has 0 spiro atoms. The Morgan fingerprint density at radius 3 is 1.74 bits per heavy atom. The molecule has 0 fully saturated rings. The summed E-state index contributed by atoms with van der Waals surface area (Å²) < 4.78 is 36.0. The van der Waals surface area contributed by atoms with Crippen molar-refractivity contribution in [1.29, 1.82) is 0 Å². The fourth-order valence-corrected chi connectivity index (χ4v) is 4.21. The summed E-state index contributed by atoms with van der Waals surface area (Å²) in [6.07, 6.45) is 0. The second-order valence-corrected chi connectivity index (χ2v) is 11.0. The van der Waals surface area contributed by atoms with E-state index < -0.39 is 10.1 Å². The van der Waals surface area contributed by atoms with Crippen LogP contribution in [0.2, 0.25) is 0 Å². The summed E-state index contributed by atoms with van der Waals surface area (Å²) in [5.41, 5.74) is 5.03. The average Bonchev–Trinajstić information content (AvgIpc) is 2.80. The molecule has 0 unspecified atom stereocenters. The van der Waals surface area contributed by atoms with Gasteiger partial charge in [-0.25, -0.2) is 0 Å². The Labute approximate surface area is 213 Å². The van der Waals surface area contributed by atoms with Gasteiger partial charge in [0, 0.05) is 16.0 Å². The minimum Gasteiger partial charge on any atom is -0.487 e. The molecule has 4 nitrogen and oxygen atoms in total. The second-order valence-electron chi connectivity index (χ2n) is 9.07. The number of rotatable bonds is 4. The first-order valence-electron chi connectivity index (χ1n) is 11.2. The largest absolute Gasteiger partial charge is 0.487 e. The Hall–Kier alpha value is -3.06. The normalized spacial score (nSPS) is 11.4. The Morgan fingerprint density at radius 2 is 1.26 bits per heavy atom. The highest BCUT2D eigenvalue weighted by Gasteiger charge is 2.21. The molecule has 0 aliphatic rings. The standard InChI is InChI=1S/C22H22OS.C7H8O3S/c1-22(2,3)23-21-18(16-10-6-4-7-11-16)14-15-19(24)20(21)17-12-8-5-9-13-17;1-6-2-4-7(5-3-6)11(8,9)10/h4-15,24H,1-3H3;2-5H,1H3,(H,8,9,10). The predicted molar refractivity (Wildman–Crippen MR) is 146 cm³/mol. The van der Waals surface area contributed by atoms with E-state index in [4.69, 9.17) is 21.9 Å². The number of benzene rings is 4. The van der Waals surface area contributed by atoms with Crippen molar-refractivity contribution in [1.82, 2.24) is 0 Å². The molecule has 0 saturated heterocycles. The molecule has 0 atom stereocenters. The third kappa shape index (κ3) is 7.46. The van der Waals surface area contributed by atoms with Crippen molar-refractivity contribution in [3.8, 4) is 28.0 Å². The molecule has 4 aromatic carbocycles. The van der Waals surface area contributed by atoms with E-state index in [2.05, 4.69) is 51.1 Å². The van der Waals surface area contributed by atoms with Gasteiger partial charge in [0.2, 0.25) is 0 Å². The minimum atomic E-state index is -4.02. The molecule has 0 saturated carbocycles. The summed E-state index contributed by atoms with van der Waals surface area (Å²) in [4.78, 5) is 0.850. The molecule has 0 aliphatic heterocycles. The first-order chi connectivity index (χ1) is 16.5. The van der Waals surface area contributed by atoms with Crippen molar-refractivity contribution >= 4 is 22.7 Å². The minimum absolute atomic E-state index is 0.0666. The van der Waals surface area contributed by atoms with Crippen LogP contribution in [0, 0.1) is 6.92 Å². The van der Waals surface area contributed by atoms with E-state index in [1.807, 2.05) is 49.4 Å². The Morgan fingerprint density at radius 1 is 0.743 bits per heavy atom. The van der Waals surface area contributed by atoms with Crippen molar-refractivity contribution in [2.45, 2.75) is 43.1 Å². The summed E-state index contributed by atoms with van der Waals surface area (Å²) in [5.74, 6) is 0.882. The SMILES string of the molecule is CC(C)(C)Oc1c(-c2ccccc2)ccc(S)c1-c1ccccc1.Cc1ccc(S(=O)(=O)O)cc1. The second kappa shape index (κ2) is 11.1. The van der Waals surface area contributed by atoms with Gasteiger partial charge in [0.05, 0.1) is 4.90 Å². The highest BCUT2D eigenvalue weighted by molar-refractivity contribution is 7.85. The highest BCUT2D eigenvalue weighted by atomic mass is 32.2. The summed E-state index contributed by atoms with van der Waals surface area (Å²) in [6.45, 7) is 8.05. The summed E-state index contributed by atoms with van der Waals surface area (Å²) in [5, 5.41) is 0. The van der Waals surface area contributed by atoms with Crippen LogP contribution in [0.5, 0.6) is 5.75 Å². The summed E-state index contributed by atoms with van der Waals surface area (Å²) in [7, 11) is -4.02. The lowest BCUT2D eigenvalue weighted by Gasteiger charge is -2.26. The first kappa shape index (κ1) is 26.5. The van der Waals surface area contributed by atoms with E-state index >= 15 is 0 Å². The fraction of sp³-hybridized carbons (Fsp3) is 0.172. The lowest BCUT2D eigenvalue weighted by Crippen LogP contribution is -2.23. The van der Waals surface area contributed by atoms with E-state index in [0.29, 0.717) is 0 Å². The maximum atomic E-state index is 10.5. The molecule has 0 bridgehead atoms. The molecule has 0 amide bonds. The zero-order valence-corrected chi connectivity index (χ0v) is 22.0. The Kier molecular flexibility index (Phi) is 8.43. The number of hydrogen-bond acceptors (Lipinski definition) is 4. The van der Waals surface area contributed by atoms with Gasteiger partial charge in [0.15, 0.2) is 0 Å². The van der Waals surface area contributed by atoms with Crippen LogP contribution in [0.3, 0.4) is 0 Å². The Balaban J connectivity index is 0.000000261. The predicted octanol–water partition coefficient (Wildman–Crippen LogP) is 7.73. The molecule has 4 rings (SSSR count). The van der Waals surface area contributed by atoms with Crippen LogP contribution in [0.1, 0.15) is 26.3 Å². The van der Waals surface area contributed by atoms with Gasteiger partial charge in [0.25, 0.3) is 10.1 Å². The topological polar surface area (TPSA) is 63.6 Å². The van der Waals surface area contributed by atoms with Crippen molar-refractivity contribution in [3.63, 3.8) is 0 Å². The lowest BCUT2D eigenvalue weighted by molar-refractivity contribution is 0.132. The maximum absolute atomic E-state index is 10.5. The van der Waals surface area contributed by atoms with E-state index in [1.165, 1.54) is 12.1 Å². The van der Waals surface area contributed by atoms with Crippen LogP contribution in [-0.2, 0) is 10.1 Å².